The van der Waals surface area contributed by atoms with Gasteiger partial charge in [0.25, 0.3) is 5.91 Å². The van der Waals surface area contributed by atoms with Crippen molar-refractivity contribution in [1.82, 2.24) is 9.80 Å². The van der Waals surface area contributed by atoms with Crippen LogP contribution in [0.3, 0.4) is 0 Å². The Morgan fingerprint density at radius 1 is 1.16 bits per heavy atom. The number of aryl methyl sites for hydroxylation is 1. The third-order valence-electron chi connectivity index (χ3n) is 3.98. The van der Waals surface area contributed by atoms with Crippen molar-refractivity contribution in [3.63, 3.8) is 0 Å². The standard InChI is InChI=1S/C19H25FN2O3/c1-6-14-11-13(2)16(15(20)12-14)17(23)21-7-9-22(10-8-21)18(24)25-19(3,4)5/h6,11-12H,1,7-10H2,2-5H3. The smallest absolute Gasteiger partial charge is 0.410 e. The van der Waals surface area contributed by atoms with Crippen molar-refractivity contribution in [3.05, 3.63) is 41.2 Å². The van der Waals surface area contributed by atoms with Gasteiger partial charge in [-0.3, -0.25) is 4.79 Å². The minimum absolute atomic E-state index is 0.0799. The topological polar surface area (TPSA) is 49.9 Å². The molecule has 2 amide bonds. The lowest BCUT2D eigenvalue weighted by molar-refractivity contribution is 0.0140. The molecule has 1 aliphatic rings. The molecule has 0 N–H and O–H groups in total. The van der Waals surface area contributed by atoms with E-state index in [4.69, 9.17) is 4.74 Å². The number of hydrogen-bond donors (Lipinski definition) is 0. The molecular weight excluding hydrogens is 323 g/mol. The van der Waals surface area contributed by atoms with Gasteiger partial charge in [-0.1, -0.05) is 18.7 Å². The number of halogens is 1. The predicted octanol–water partition coefficient (Wildman–Crippen LogP) is 3.47. The maximum absolute atomic E-state index is 14.3. The highest BCUT2D eigenvalue weighted by atomic mass is 19.1. The van der Waals surface area contributed by atoms with E-state index in [1.54, 1.807) is 28.9 Å². The van der Waals surface area contributed by atoms with Crippen molar-refractivity contribution >= 4 is 18.1 Å². The number of rotatable bonds is 2. The van der Waals surface area contributed by atoms with E-state index >= 15 is 0 Å². The first-order valence-electron chi connectivity index (χ1n) is 8.32. The highest BCUT2D eigenvalue weighted by Gasteiger charge is 2.29. The summed E-state index contributed by atoms with van der Waals surface area (Å²) >= 11 is 0. The first kappa shape index (κ1) is 19.0. The molecule has 25 heavy (non-hydrogen) atoms. The van der Waals surface area contributed by atoms with Crippen molar-refractivity contribution in [2.24, 2.45) is 0 Å². The first-order valence-corrected chi connectivity index (χ1v) is 8.32. The normalized spacial score (nSPS) is 15.1. The average Bonchev–Trinajstić information content (AvgIpc) is 2.52. The molecule has 0 atom stereocenters. The first-order chi connectivity index (χ1) is 11.6. The zero-order valence-corrected chi connectivity index (χ0v) is 15.3. The molecule has 1 aromatic rings. The molecule has 1 fully saturated rings. The Balaban J connectivity index is 2.05. The van der Waals surface area contributed by atoms with Gasteiger partial charge in [0, 0.05) is 26.2 Å². The molecule has 0 bridgehead atoms. The Bertz CT molecular complexity index is 663. The molecule has 1 heterocycles. The van der Waals surface area contributed by atoms with Crippen LogP contribution in [0.5, 0.6) is 0 Å². The lowest BCUT2D eigenvalue weighted by Gasteiger charge is -2.35. The van der Waals surface area contributed by atoms with Crippen LogP contribution in [0.4, 0.5) is 9.18 Å². The summed E-state index contributed by atoms with van der Waals surface area (Å²) in [7, 11) is 0. The average molecular weight is 348 g/mol. The van der Waals surface area contributed by atoms with Gasteiger partial charge in [0.15, 0.2) is 0 Å². The summed E-state index contributed by atoms with van der Waals surface area (Å²) in [6, 6.07) is 3.05. The number of piperazine rings is 1. The molecule has 1 saturated heterocycles. The van der Waals surface area contributed by atoms with Crippen molar-refractivity contribution in [2.75, 3.05) is 26.2 Å². The lowest BCUT2D eigenvalue weighted by atomic mass is 10.0. The van der Waals surface area contributed by atoms with E-state index in [0.29, 0.717) is 37.3 Å². The van der Waals surface area contributed by atoms with Gasteiger partial charge >= 0.3 is 6.09 Å². The van der Waals surface area contributed by atoms with Gasteiger partial charge in [-0.05, 0) is 44.9 Å². The summed E-state index contributed by atoms with van der Waals surface area (Å²) in [5.41, 5.74) is 0.740. The third-order valence-corrected chi connectivity index (χ3v) is 3.98. The predicted molar refractivity (Wildman–Crippen MR) is 94.9 cm³/mol. The van der Waals surface area contributed by atoms with Crippen LogP contribution in [-0.4, -0.2) is 53.6 Å². The Morgan fingerprint density at radius 2 is 1.72 bits per heavy atom. The zero-order chi connectivity index (χ0) is 18.8. The Kier molecular flexibility index (Phi) is 5.50. The van der Waals surface area contributed by atoms with Gasteiger partial charge < -0.3 is 14.5 Å². The van der Waals surface area contributed by atoms with Crippen molar-refractivity contribution < 1.29 is 18.7 Å². The fourth-order valence-corrected chi connectivity index (χ4v) is 2.74. The fraction of sp³-hybridized carbons (Fsp3) is 0.474. The second-order valence-corrected chi connectivity index (χ2v) is 7.16. The molecule has 0 saturated carbocycles. The number of carbonyl (C=O) groups excluding carboxylic acids is 2. The van der Waals surface area contributed by atoms with Gasteiger partial charge in [-0.25, -0.2) is 9.18 Å². The lowest BCUT2D eigenvalue weighted by Crippen LogP contribution is -2.51. The highest BCUT2D eigenvalue weighted by Crippen LogP contribution is 2.20. The maximum Gasteiger partial charge on any atom is 0.410 e. The molecule has 1 aromatic carbocycles. The quantitative estimate of drug-likeness (QED) is 0.822. The summed E-state index contributed by atoms with van der Waals surface area (Å²) < 4.78 is 19.6. The molecule has 0 aromatic heterocycles. The second-order valence-electron chi connectivity index (χ2n) is 7.16. The minimum atomic E-state index is -0.558. The van der Waals surface area contributed by atoms with Gasteiger partial charge in [-0.2, -0.15) is 0 Å². The molecule has 2 rings (SSSR count). The highest BCUT2D eigenvalue weighted by molar-refractivity contribution is 5.96. The minimum Gasteiger partial charge on any atom is -0.444 e. The molecule has 1 aliphatic heterocycles. The van der Waals surface area contributed by atoms with Crippen LogP contribution < -0.4 is 0 Å². The molecule has 136 valence electrons. The second kappa shape index (κ2) is 7.25. The van der Waals surface area contributed by atoms with Crippen molar-refractivity contribution in [3.8, 4) is 0 Å². The molecule has 0 radical (unpaired) electrons. The fourth-order valence-electron chi connectivity index (χ4n) is 2.74. The van der Waals surface area contributed by atoms with Gasteiger partial charge in [0.2, 0.25) is 0 Å². The maximum atomic E-state index is 14.3. The van der Waals surface area contributed by atoms with Crippen LogP contribution >= 0.6 is 0 Å². The number of hydrogen-bond acceptors (Lipinski definition) is 3. The molecule has 0 unspecified atom stereocenters. The number of benzene rings is 1. The number of carbonyl (C=O) groups is 2. The Morgan fingerprint density at radius 3 is 2.20 bits per heavy atom. The van der Waals surface area contributed by atoms with Crippen molar-refractivity contribution in [1.29, 1.82) is 0 Å². The number of amides is 2. The van der Waals surface area contributed by atoms with Crippen molar-refractivity contribution in [2.45, 2.75) is 33.3 Å². The van der Waals surface area contributed by atoms with E-state index in [1.807, 2.05) is 20.8 Å². The summed E-state index contributed by atoms with van der Waals surface area (Å²) in [5, 5.41) is 0. The molecule has 0 spiro atoms. The Labute approximate surface area is 148 Å². The summed E-state index contributed by atoms with van der Waals surface area (Å²) in [6.07, 6.45) is 1.15. The van der Waals surface area contributed by atoms with Crippen LogP contribution in [0.15, 0.2) is 18.7 Å². The summed E-state index contributed by atoms with van der Waals surface area (Å²) in [4.78, 5) is 27.9. The number of ether oxygens (including phenoxy) is 1. The van der Waals surface area contributed by atoms with Gasteiger partial charge in [0.05, 0.1) is 5.56 Å². The van der Waals surface area contributed by atoms with E-state index in [2.05, 4.69) is 6.58 Å². The van der Waals surface area contributed by atoms with Gasteiger partial charge in [-0.15, -0.1) is 0 Å². The zero-order valence-electron chi connectivity index (χ0n) is 15.3. The molecule has 6 heteroatoms. The van der Waals surface area contributed by atoms with Gasteiger partial charge in [0.1, 0.15) is 11.4 Å². The third kappa shape index (κ3) is 4.59. The SMILES string of the molecule is C=Cc1cc(C)c(C(=O)N2CCN(C(=O)OC(C)(C)C)CC2)c(F)c1. The number of nitrogens with zero attached hydrogens (tertiary/aromatic N) is 2. The van der Waals surface area contributed by atoms with Crippen LogP contribution in [0.1, 0.15) is 42.3 Å². The van der Waals surface area contributed by atoms with E-state index in [-0.39, 0.29) is 11.5 Å². The van der Waals surface area contributed by atoms with Crippen LogP contribution in [-0.2, 0) is 4.74 Å². The van der Waals surface area contributed by atoms with E-state index < -0.39 is 17.5 Å². The van der Waals surface area contributed by atoms with E-state index in [0.717, 1.165) is 0 Å². The largest absolute Gasteiger partial charge is 0.444 e. The van der Waals surface area contributed by atoms with Crippen LogP contribution in [0.25, 0.3) is 6.08 Å². The Hall–Kier alpha value is -2.37. The molecular formula is C19H25FN2O3. The molecule has 0 aliphatic carbocycles. The molecule has 5 nitrogen and oxygen atoms in total. The van der Waals surface area contributed by atoms with E-state index in [1.165, 1.54) is 6.07 Å². The summed E-state index contributed by atoms with van der Waals surface area (Å²) in [5.74, 6) is -0.899. The summed E-state index contributed by atoms with van der Waals surface area (Å²) in [6.45, 7) is 12.2. The van der Waals surface area contributed by atoms with E-state index in [9.17, 15) is 14.0 Å². The monoisotopic (exact) mass is 348 g/mol. The van der Waals surface area contributed by atoms with Crippen LogP contribution in [0, 0.1) is 12.7 Å². The van der Waals surface area contributed by atoms with Crippen LogP contribution in [0.2, 0.25) is 0 Å².